The molecule has 0 heterocycles. The summed E-state index contributed by atoms with van der Waals surface area (Å²) in [6.45, 7) is 1.60. The number of carboxylic acids is 1. The van der Waals surface area contributed by atoms with Crippen molar-refractivity contribution in [3.05, 3.63) is 0 Å². The van der Waals surface area contributed by atoms with Gasteiger partial charge in [0.2, 0.25) is 0 Å². The fourth-order valence-corrected chi connectivity index (χ4v) is 0.383. The summed E-state index contributed by atoms with van der Waals surface area (Å²) in [7, 11) is 4.51. The average Bonchev–Trinajstić information content (AvgIpc) is 1.64. The van der Waals surface area contributed by atoms with E-state index in [0.29, 0.717) is 0 Å². The van der Waals surface area contributed by atoms with Gasteiger partial charge >= 0.3 is 5.97 Å². The summed E-state index contributed by atoms with van der Waals surface area (Å²) in [4.78, 5) is 10.1. The van der Waals surface area contributed by atoms with Crippen molar-refractivity contribution < 1.29 is 9.90 Å². The van der Waals surface area contributed by atoms with E-state index in [9.17, 15) is 4.79 Å². The number of nitrogens with zero attached hydrogens (tertiary/aromatic N) is 1. The largest absolute Gasteiger partial charge is 0.480 e. The second-order valence-electron chi connectivity index (χ2n) is 1.46. The lowest BCUT2D eigenvalue weighted by atomic mass is 10.4. The topological polar surface area (TPSA) is 40.5 Å². The molecule has 0 spiro atoms. The Morgan fingerprint density at radius 2 is 2.12 bits per heavy atom. The number of rotatable bonds is 2. The molecule has 5 heteroatoms. The third-order valence-corrected chi connectivity index (χ3v) is 1.70. The van der Waals surface area contributed by atoms with E-state index in [4.69, 9.17) is 5.11 Å². The highest BCUT2D eigenvalue weighted by Gasteiger charge is 2.11. The molecule has 0 aliphatic heterocycles. The van der Waals surface area contributed by atoms with Crippen LogP contribution in [0.4, 0.5) is 0 Å². The third-order valence-electron chi connectivity index (χ3n) is 0.805. The lowest BCUT2D eigenvalue weighted by Crippen LogP contribution is -2.24. The van der Waals surface area contributed by atoms with Crippen LogP contribution in [0.15, 0.2) is 0 Å². The first-order chi connectivity index (χ1) is 3.55. The molecule has 0 saturated heterocycles. The van der Waals surface area contributed by atoms with Gasteiger partial charge in [0.15, 0.2) is 0 Å². The molecule has 0 aromatic heterocycles. The van der Waals surface area contributed by atoms with Crippen LogP contribution in [0.5, 0.6) is 0 Å². The van der Waals surface area contributed by atoms with E-state index in [2.05, 4.69) is 18.8 Å². The van der Waals surface area contributed by atoms with Gasteiger partial charge in [-0.25, -0.2) is 0 Å². The molecule has 0 bridgehead atoms. The summed E-state index contributed by atoms with van der Waals surface area (Å²) < 4.78 is 1.47. The maximum absolute atomic E-state index is 10.1. The molecule has 0 fully saturated rings. The summed E-state index contributed by atoms with van der Waals surface area (Å²) in [6.07, 6.45) is 0. The van der Waals surface area contributed by atoms with Gasteiger partial charge in [-0.2, -0.15) is 0 Å². The molecule has 1 N–H and O–H groups in total. The van der Waals surface area contributed by atoms with Crippen molar-refractivity contribution in [1.29, 1.82) is 0 Å². The first kappa shape index (κ1) is 8.29. The predicted molar refractivity (Wildman–Crippen MR) is 38.4 cm³/mol. The van der Waals surface area contributed by atoms with Crippen molar-refractivity contribution in [1.82, 2.24) is 4.44 Å². The molecule has 0 radical (unpaired) electrons. The molecule has 48 valence electrons. The van der Waals surface area contributed by atoms with E-state index in [1.807, 2.05) is 0 Å². The summed E-state index contributed by atoms with van der Waals surface area (Å²) in [6, 6.07) is -0.454. The SMILES string of the molecule is CC(C(=O)O)N(P)P. The highest BCUT2D eigenvalue weighted by atomic mass is 31.1. The van der Waals surface area contributed by atoms with Crippen LogP contribution in [0.2, 0.25) is 0 Å². The second-order valence-corrected chi connectivity index (χ2v) is 3.25. The quantitative estimate of drug-likeness (QED) is 0.581. The van der Waals surface area contributed by atoms with E-state index in [-0.39, 0.29) is 0 Å². The Labute approximate surface area is 53.0 Å². The molecule has 0 rings (SSSR count). The normalized spacial score (nSPS) is 14.0. The Balaban J connectivity index is 3.64. The van der Waals surface area contributed by atoms with Crippen LogP contribution >= 0.6 is 18.8 Å². The van der Waals surface area contributed by atoms with Crippen LogP contribution in [0, 0.1) is 0 Å². The average molecular weight is 153 g/mol. The van der Waals surface area contributed by atoms with E-state index >= 15 is 0 Å². The Hall–Kier alpha value is 0.290. The van der Waals surface area contributed by atoms with Crippen molar-refractivity contribution in [3.8, 4) is 0 Å². The van der Waals surface area contributed by atoms with E-state index in [1.54, 1.807) is 6.92 Å². The van der Waals surface area contributed by atoms with Crippen molar-refractivity contribution in [3.63, 3.8) is 0 Å². The first-order valence-electron chi connectivity index (χ1n) is 2.07. The van der Waals surface area contributed by atoms with Crippen LogP contribution in [0.1, 0.15) is 6.92 Å². The molecule has 0 aromatic carbocycles. The summed E-state index contributed by atoms with van der Waals surface area (Å²) in [5, 5.41) is 8.28. The highest BCUT2D eigenvalue weighted by molar-refractivity contribution is 7.31. The van der Waals surface area contributed by atoms with E-state index in [1.165, 1.54) is 4.44 Å². The van der Waals surface area contributed by atoms with E-state index in [0.717, 1.165) is 0 Å². The third kappa shape index (κ3) is 2.56. The number of hydrogen-bond acceptors (Lipinski definition) is 2. The second kappa shape index (κ2) is 3.34. The molecule has 0 aromatic rings. The molecule has 3 unspecified atom stereocenters. The fourth-order valence-electron chi connectivity index (χ4n) is 0.128. The van der Waals surface area contributed by atoms with Gasteiger partial charge < -0.3 is 5.11 Å². The Kier molecular flexibility index (Phi) is 3.46. The summed E-state index contributed by atoms with van der Waals surface area (Å²) in [5.41, 5.74) is 0. The maximum atomic E-state index is 10.1. The zero-order valence-corrected chi connectivity index (χ0v) is 6.84. The summed E-state index contributed by atoms with van der Waals surface area (Å²) in [5.74, 6) is -0.824. The zero-order chi connectivity index (χ0) is 6.73. The van der Waals surface area contributed by atoms with Crippen LogP contribution < -0.4 is 0 Å². The number of hydrogen-bond donors (Lipinski definition) is 1. The van der Waals surface area contributed by atoms with Gasteiger partial charge in [-0.15, -0.1) is 0 Å². The van der Waals surface area contributed by atoms with Crippen LogP contribution in [0.25, 0.3) is 0 Å². The Bertz CT molecular complexity index is 95.3. The monoisotopic (exact) mass is 153 g/mol. The van der Waals surface area contributed by atoms with Crippen molar-refractivity contribution in [2.75, 3.05) is 0 Å². The minimum Gasteiger partial charge on any atom is -0.480 e. The molecule has 0 aliphatic rings. The molecule has 8 heavy (non-hydrogen) atoms. The maximum Gasteiger partial charge on any atom is 0.321 e. The smallest absolute Gasteiger partial charge is 0.321 e. The highest BCUT2D eigenvalue weighted by Crippen LogP contribution is 2.11. The molecule has 0 amide bonds. The zero-order valence-electron chi connectivity index (χ0n) is 4.53. The Morgan fingerprint density at radius 3 is 2.12 bits per heavy atom. The van der Waals surface area contributed by atoms with Crippen LogP contribution in [-0.2, 0) is 4.79 Å². The first-order valence-corrected chi connectivity index (χ1v) is 3.10. The van der Waals surface area contributed by atoms with Crippen LogP contribution in [0.3, 0.4) is 0 Å². The predicted octanol–water partition coefficient (Wildman–Crippen LogP) is 0.342. The van der Waals surface area contributed by atoms with Gasteiger partial charge in [0, 0.05) is 0 Å². The van der Waals surface area contributed by atoms with E-state index < -0.39 is 12.0 Å². The number of carbonyl (C=O) groups is 1. The molecule has 3 nitrogen and oxygen atoms in total. The molecule has 0 aliphatic carbocycles. The van der Waals surface area contributed by atoms with Gasteiger partial charge in [-0.05, 0) is 6.92 Å². The minimum atomic E-state index is -0.824. The molecule has 3 atom stereocenters. The van der Waals surface area contributed by atoms with Crippen LogP contribution in [-0.4, -0.2) is 21.6 Å². The molecular formula is C3H9NO2P2. The van der Waals surface area contributed by atoms with Crippen molar-refractivity contribution in [2.45, 2.75) is 13.0 Å². The summed E-state index contributed by atoms with van der Waals surface area (Å²) >= 11 is 0. The lowest BCUT2D eigenvalue weighted by molar-refractivity contribution is -0.139. The van der Waals surface area contributed by atoms with Gasteiger partial charge in [-0.3, -0.25) is 9.24 Å². The molecule has 0 saturated carbocycles. The van der Waals surface area contributed by atoms with Gasteiger partial charge in [0.25, 0.3) is 0 Å². The fraction of sp³-hybridized carbons (Fsp3) is 0.667. The number of carboxylic acid groups (broad SMARTS) is 1. The lowest BCUT2D eigenvalue weighted by Gasteiger charge is -2.12. The Morgan fingerprint density at radius 1 is 1.75 bits per heavy atom. The molecular weight excluding hydrogens is 144 g/mol. The van der Waals surface area contributed by atoms with Crippen molar-refractivity contribution in [2.24, 2.45) is 0 Å². The minimum absolute atomic E-state index is 0.454. The van der Waals surface area contributed by atoms with Crippen molar-refractivity contribution >= 4 is 24.8 Å². The van der Waals surface area contributed by atoms with Gasteiger partial charge in [0.05, 0.1) is 0 Å². The van der Waals surface area contributed by atoms with Gasteiger partial charge in [0.1, 0.15) is 6.04 Å². The standard InChI is InChI=1S/C3H9NO2P2/c1-2(3(5)6)4(7)8/h2H,7-8H2,1H3,(H,5,6). The van der Waals surface area contributed by atoms with Gasteiger partial charge in [-0.1, -0.05) is 18.8 Å². The number of aliphatic carboxylic acids is 1.